The van der Waals surface area contributed by atoms with Crippen molar-refractivity contribution in [2.75, 3.05) is 40.3 Å². The molecule has 2 amide bonds. The number of aromatic nitrogens is 2. The minimum atomic E-state index is -0.910. The van der Waals surface area contributed by atoms with E-state index in [1.807, 2.05) is 61.7 Å². The van der Waals surface area contributed by atoms with Gasteiger partial charge < -0.3 is 25.3 Å². The van der Waals surface area contributed by atoms with Crippen molar-refractivity contribution in [2.24, 2.45) is 23.7 Å². The molecule has 2 aromatic heterocycles. The van der Waals surface area contributed by atoms with Crippen LogP contribution in [0.4, 0.5) is 0 Å². The topological polar surface area (TPSA) is 136 Å². The summed E-state index contributed by atoms with van der Waals surface area (Å²) in [7, 11) is 3.85. The summed E-state index contributed by atoms with van der Waals surface area (Å²) in [5.41, 5.74) is 4.12. The fraction of sp³-hybridized carbons (Fsp3) is 0.568. The maximum atomic E-state index is 13.5. The van der Waals surface area contributed by atoms with E-state index >= 15 is 0 Å². The summed E-state index contributed by atoms with van der Waals surface area (Å²) < 4.78 is 0. The number of carbonyl (C=O) groups excluding carboxylic acids is 2. The lowest BCUT2D eigenvalue weighted by Gasteiger charge is -2.38. The van der Waals surface area contributed by atoms with Crippen molar-refractivity contribution in [3.8, 4) is 11.4 Å². The van der Waals surface area contributed by atoms with Crippen LogP contribution >= 0.6 is 11.3 Å². The zero-order chi connectivity index (χ0) is 39.7. The highest BCUT2D eigenvalue weighted by molar-refractivity contribution is 7.14. The van der Waals surface area contributed by atoms with E-state index in [4.69, 9.17) is 15.1 Å². The van der Waals surface area contributed by atoms with Crippen LogP contribution in [-0.2, 0) is 21.4 Å². The fourth-order valence-electron chi connectivity index (χ4n) is 7.81. The van der Waals surface area contributed by atoms with Crippen molar-refractivity contribution in [1.29, 1.82) is 0 Å². The molecule has 3 heterocycles. The summed E-state index contributed by atoms with van der Waals surface area (Å²) in [5.74, 6) is 1.23. The number of hydrogen-bond acceptors (Lipinski definition) is 8. The molecule has 3 aliphatic rings. The Morgan fingerprint density at radius 1 is 0.945 bits per heavy atom. The number of allylic oxidation sites excluding steroid dienone is 2. The minimum absolute atomic E-state index is 0.0859. The molecule has 1 aliphatic heterocycles. The lowest BCUT2D eigenvalue weighted by atomic mass is 9.71. The van der Waals surface area contributed by atoms with Gasteiger partial charge in [-0.3, -0.25) is 14.4 Å². The highest BCUT2D eigenvalue weighted by atomic mass is 32.1. The Labute approximate surface area is 331 Å². The first-order valence-electron chi connectivity index (χ1n) is 20.0. The highest BCUT2D eigenvalue weighted by Crippen LogP contribution is 2.41. The number of likely N-dealkylation sites (tertiary alicyclic amines) is 1. The summed E-state index contributed by atoms with van der Waals surface area (Å²) in [5, 5.41) is 20.5. The Morgan fingerprint density at radius 2 is 1.62 bits per heavy atom. The van der Waals surface area contributed by atoms with Crippen molar-refractivity contribution in [1.82, 2.24) is 25.1 Å². The van der Waals surface area contributed by atoms with Gasteiger partial charge in [0, 0.05) is 54.5 Å². The number of nitrogens with zero attached hydrogens (tertiary/aromatic N) is 4. The first-order chi connectivity index (χ1) is 26.2. The molecule has 0 spiro atoms. The summed E-state index contributed by atoms with van der Waals surface area (Å²) in [6.45, 7) is 9.94. The molecular formula is C44H61N5O5S. The number of hydrogen-bond donors (Lipinski definition) is 3. The Bertz CT molecular complexity index is 1750. The average Bonchev–Trinajstić information content (AvgIpc) is 3.67. The molecule has 0 bridgehead atoms. The van der Waals surface area contributed by atoms with Crippen LogP contribution in [-0.4, -0.2) is 94.1 Å². The van der Waals surface area contributed by atoms with Gasteiger partial charge in [-0.1, -0.05) is 77.3 Å². The largest absolute Gasteiger partial charge is 0.481 e. The van der Waals surface area contributed by atoms with Gasteiger partial charge >= 0.3 is 5.97 Å². The van der Waals surface area contributed by atoms with Crippen LogP contribution in [0.1, 0.15) is 105 Å². The molecule has 2 fully saturated rings. The van der Waals surface area contributed by atoms with E-state index in [1.54, 1.807) is 6.07 Å². The Balaban J connectivity index is 0.000000895. The first-order valence-corrected chi connectivity index (χ1v) is 20.9. The third-order valence-corrected chi connectivity index (χ3v) is 13.0. The van der Waals surface area contributed by atoms with Crippen LogP contribution in [0.5, 0.6) is 0 Å². The minimum Gasteiger partial charge on any atom is -0.481 e. The predicted octanol–water partition coefficient (Wildman–Crippen LogP) is 7.33. The Morgan fingerprint density at radius 3 is 2.13 bits per heavy atom. The number of rotatable bonds is 12. The number of amides is 2. The number of aliphatic hydroxyl groups is 1. The standard InChI is InChI=1S/C40H50N4O4S.C4H11NO/c1-5-25-6-10-27(11-7-25)28-14-16-29(17-15-28)31-21-41-36(42-22-31)30-12-8-26(9-13-30)20-33(38(46)44-23-32(24-44)39(47)48)43-37(45)34-18-19-35(49-34)40(2,3)4;1-5(2)3-4-6/h8-9,12-13,16,18-19,21-22,25,27-28,32-33H,5-7,10-11,14-15,17,20,23-24H2,1-4H3,(H,43,45)(H,47,48);6H,3-4H2,1-2H3/t25?,27?,28-,33+;/m1./s1. The molecule has 2 atom stereocenters. The van der Waals surface area contributed by atoms with E-state index in [1.165, 1.54) is 60.3 Å². The van der Waals surface area contributed by atoms with Gasteiger partial charge in [0.1, 0.15) is 6.04 Å². The molecule has 0 radical (unpaired) electrons. The third kappa shape index (κ3) is 11.6. The van der Waals surface area contributed by atoms with Gasteiger partial charge in [-0.05, 0) is 92.6 Å². The number of carboxylic acids is 1. The molecule has 1 aromatic carbocycles. The number of nitrogens with one attached hydrogen (secondary N) is 1. The first kappa shape index (κ1) is 42.2. The van der Waals surface area contributed by atoms with Gasteiger partial charge in [0.25, 0.3) is 5.91 Å². The summed E-state index contributed by atoms with van der Waals surface area (Å²) in [6, 6.07) is 10.7. The highest BCUT2D eigenvalue weighted by Gasteiger charge is 2.39. The molecule has 11 heteroatoms. The summed E-state index contributed by atoms with van der Waals surface area (Å²) in [4.78, 5) is 52.7. The van der Waals surface area contributed by atoms with Crippen LogP contribution in [0.2, 0.25) is 0 Å². The molecule has 1 saturated carbocycles. The molecule has 298 valence electrons. The van der Waals surface area contributed by atoms with Gasteiger partial charge in [-0.15, -0.1) is 11.3 Å². The number of benzene rings is 1. The van der Waals surface area contributed by atoms with Crippen molar-refractivity contribution in [3.63, 3.8) is 0 Å². The normalized spacial score (nSPS) is 20.8. The number of carboxylic acid groups (broad SMARTS) is 1. The average molecular weight is 772 g/mol. The van der Waals surface area contributed by atoms with Gasteiger partial charge in [0.2, 0.25) is 5.91 Å². The van der Waals surface area contributed by atoms with Gasteiger partial charge in [-0.25, -0.2) is 9.97 Å². The smallest absolute Gasteiger partial charge is 0.310 e. The number of aliphatic hydroxyl groups excluding tert-OH is 1. The number of likely N-dealkylation sites (N-methyl/N-ethyl adjacent to an activating group) is 1. The maximum Gasteiger partial charge on any atom is 0.310 e. The second-order valence-electron chi connectivity index (χ2n) is 16.9. The van der Waals surface area contributed by atoms with E-state index in [0.29, 0.717) is 10.7 Å². The second-order valence-corrected chi connectivity index (χ2v) is 18.0. The zero-order valence-electron chi connectivity index (χ0n) is 33.6. The SMILES string of the molecule is CCC1CCC([C@@H]2CC=C(c3cnc(-c4ccc(C[C@H](NC(=O)c5ccc(C(C)(C)C)s5)C(=O)N5CC(C(=O)O)C5)cc4)nc3)CC2)CC1.CN(C)CCO. The predicted molar refractivity (Wildman–Crippen MR) is 220 cm³/mol. The lowest BCUT2D eigenvalue weighted by Crippen LogP contribution is -2.59. The molecule has 10 nitrogen and oxygen atoms in total. The van der Waals surface area contributed by atoms with Crippen LogP contribution in [0.3, 0.4) is 0 Å². The van der Waals surface area contributed by atoms with E-state index in [2.05, 4.69) is 39.1 Å². The quantitative estimate of drug-likeness (QED) is 0.174. The molecule has 3 aromatic rings. The van der Waals surface area contributed by atoms with Crippen molar-refractivity contribution >= 4 is 34.7 Å². The Kier molecular flexibility index (Phi) is 14.8. The summed E-state index contributed by atoms with van der Waals surface area (Å²) in [6.07, 6.45) is 17.0. The monoisotopic (exact) mass is 771 g/mol. The zero-order valence-corrected chi connectivity index (χ0v) is 34.4. The molecule has 3 N–H and O–H groups in total. The van der Waals surface area contributed by atoms with Crippen molar-refractivity contribution in [2.45, 2.75) is 96.9 Å². The molecule has 0 unspecified atom stereocenters. The molecule has 1 saturated heterocycles. The second kappa shape index (κ2) is 19.3. The van der Waals surface area contributed by atoms with Gasteiger partial charge in [0.15, 0.2) is 5.82 Å². The lowest BCUT2D eigenvalue weighted by molar-refractivity contribution is -0.153. The van der Waals surface area contributed by atoms with E-state index in [9.17, 15) is 19.5 Å². The fourth-order valence-corrected chi connectivity index (χ4v) is 8.78. The number of carbonyl (C=O) groups is 3. The van der Waals surface area contributed by atoms with Crippen molar-refractivity contribution in [3.05, 3.63) is 75.7 Å². The van der Waals surface area contributed by atoms with Crippen LogP contribution in [0.15, 0.2) is 54.9 Å². The number of thiophene rings is 1. The molecule has 55 heavy (non-hydrogen) atoms. The maximum absolute atomic E-state index is 13.5. The molecule has 6 rings (SSSR count). The van der Waals surface area contributed by atoms with Crippen LogP contribution in [0, 0.1) is 23.7 Å². The van der Waals surface area contributed by atoms with Crippen molar-refractivity contribution < 1.29 is 24.6 Å². The Hall–Kier alpha value is -3.93. The van der Waals surface area contributed by atoms with E-state index in [0.717, 1.165) is 58.7 Å². The van der Waals surface area contributed by atoms with E-state index in [-0.39, 0.29) is 43.3 Å². The molecular weight excluding hydrogens is 711 g/mol. The number of aliphatic carboxylic acids is 1. The third-order valence-electron chi connectivity index (χ3n) is 11.5. The van der Waals surface area contributed by atoms with Crippen LogP contribution < -0.4 is 5.32 Å². The van der Waals surface area contributed by atoms with Crippen LogP contribution in [0.25, 0.3) is 17.0 Å². The van der Waals surface area contributed by atoms with Gasteiger partial charge in [0.05, 0.1) is 17.4 Å². The van der Waals surface area contributed by atoms with E-state index < -0.39 is 17.9 Å². The molecule has 2 aliphatic carbocycles. The summed E-state index contributed by atoms with van der Waals surface area (Å²) >= 11 is 1.42. The van der Waals surface area contributed by atoms with Gasteiger partial charge in [-0.2, -0.15) is 0 Å².